The Morgan fingerprint density at radius 2 is 1.83 bits per heavy atom. The molecule has 4 rings (SSSR count). The number of hydrogen-bond donors (Lipinski definition) is 3. The molecule has 3 atom stereocenters. The highest BCUT2D eigenvalue weighted by molar-refractivity contribution is 5.94. The molecule has 2 bridgehead atoms. The molecule has 0 radical (unpaired) electrons. The molecule has 3 heterocycles. The van der Waals surface area contributed by atoms with Crippen LogP contribution < -0.4 is 0 Å². The molecule has 2 aromatic rings. The molecule has 24 heavy (non-hydrogen) atoms. The van der Waals surface area contributed by atoms with Gasteiger partial charge in [0, 0.05) is 17.6 Å². The van der Waals surface area contributed by atoms with Crippen molar-refractivity contribution in [1.82, 2.24) is 15.1 Å². The zero-order chi connectivity index (χ0) is 16.7. The van der Waals surface area contributed by atoms with E-state index >= 15 is 0 Å². The van der Waals surface area contributed by atoms with Crippen LogP contribution in [0.3, 0.4) is 0 Å². The molecule has 0 spiro atoms. The van der Waals surface area contributed by atoms with Gasteiger partial charge in [0.15, 0.2) is 0 Å². The third kappa shape index (κ3) is 2.67. The molecule has 1 aromatic carbocycles. The number of H-pyrrole nitrogens is 1. The van der Waals surface area contributed by atoms with E-state index in [2.05, 4.69) is 10.2 Å². The van der Waals surface area contributed by atoms with Crippen LogP contribution >= 0.6 is 0 Å². The Bertz CT molecular complexity index is 726. The van der Waals surface area contributed by atoms with Crippen LogP contribution in [0.2, 0.25) is 0 Å². The van der Waals surface area contributed by atoms with E-state index in [0.717, 1.165) is 24.8 Å². The number of phenols is 1. The smallest absolute Gasteiger partial charge is 0.272 e. The Morgan fingerprint density at radius 3 is 2.50 bits per heavy atom. The van der Waals surface area contributed by atoms with Crippen LogP contribution in [-0.2, 0) is 0 Å². The standard InChI is InChI=1S/C18H21N3O3/c22-14-6-4-11(5-7-14)16-10-17(20-19-16)18(24)21-12-2-1-3-13(21)9-15(23)8-12/h4-7,10,12-13,15,22-23H,1-3,8-9H2,(H,19,20)/t12-,13+,15?. The predicted octanol–water partition coefficient (Wildman–Crippen LogP) is 2.30. The Hall–Kier alpha value is -2.34. The monoisotopic (exact) mass is 327 g/mol. The number of carbonyl (C=O) groups is 1. The number of aromatic hydroxyl groups is 1. The largest absolute Gasteiger partial charge is 0.508 e. The summed E-state index contributed by atoms with van der Waals surface area (Å²) in [5.74, 6) is 0.166. The maximum absolute atomic E-state index is 13.0. The number of piperidine rings is 2. The summed E-state index contributed by atoms with van der Waals surface area (Å²) < 4.78 is 0. The summed E-state index contributed by atoms with van der Waals surface area (Å²) in [6.45, 7) is 0. The van der Waals surface area contributed by atoms with E-state index in [1.54, 1.807) is 30.3 Å². The molecular weight excluding hydrogens is 306 g/mol. The van der Waals surface area contributed by atoms with Crippen molar-refractivity contribution in [2.45, 2.75) is 50.3 Å². The predicted molar refractivity (Wildman–Crippen MR) is 88.5 cm³/mol. The first-order chi connectivity index (χ1) is 11.6. The van der Waals surface area contributed by atoms with Gasteiger partial charge < -0.3 is 15.1 Å². The van der Waals surface area contributed by atoms with Crippen LogP contribution in [0.5, 0.6) is 5.75 Å². The third-order valence-corrected chi connectivity index (χ3v) is 5.16. The average Bonchev–Trinajstić information content (AvgIpc) is 3.04. The number of rotatable bonds is 2. The van der Waals surface area contributed by atoms with Crippen molar-refractivity contribution in [1.29, 1.82) is 0 Å². The van der Waals surface area contributed by atoms with E-state index in [1.807, 2.05) is 4.90 Å². The molecule has 2 saturated heterocycles. The molecule has 3 N–H and O–H groups in total. The van der Waals surface area contributed by atoms with Gasteiger partial charge in [-0.3, -0.25) is 9.89 Å². The summed E-state index contributed by atoms with van der Waals surface area (Å²) in [5.41, 5.74) is 2.00. The first-order valence-electron chi connectivity index (χ1n) is 8.47. The van der Waals surface area contributed by atoms with Gasteiger partial charge in [-0.25, -0.2) is 0 Å². The summed E-state index contributed by atoms with van der Waals surface area (Å²) in [6.07, 6.45) is 4.07. The van der Waals surface area contributed by atoms with Crippen molar-refractivity contribution in [3.8, 4) is 17.0 Å². The molecule has 1 aromatic heterocycles. The normalized spacial score (nSPS) is 26.4. The highest BCUT2D eigenvalue weighted by atomic mass is 16.3. The van der Waals surface area contributed by atoms with E-state index in [0.29, 0.717) is 24.2 Å². The Morgan fingerprint density at radius 1 is 1.17 bits per heavy atom. The minimum absolute atomic E-state index is 0.0332. The van der Waals surface area contributed by atoms with Crippen molar-refractivity contribution in [3.05, 3.63) is 36.0 Å². The number of hydrogen-bond acceptors (Lipinski definition) is 4. The van der Waals surface area contributed by atoms with Gasteiger partial charge in [-0.1, -0.05) is 0 Å². The second-order valence-electron chi connectivity index (χ2n) is 6.79. The van der Waals surface area contributed by atoms with Crippen molar-refractivity contribution in [3.63, 3.8) is 0 Å². The Kier molecular flexibility index (Phi) is 3.76. The molecular formula is C18H21N3O3. The van der Waals surface area contributed by atoms with Gasteiger partial charge in [0.05, 0.1) is 11.8 Å². The third-order valence-electron chi connectivity index (χ3n) is 5.16. The number of carbonyl (C=O) groups excluding carboxylic acids is 1. The Balaban J connectivity index is 1.58. The molecule has 1 amide bonds. The molecule has 6 heteroatoms. The summed E-state index contributed by atoms with van der Waals surface area (Å²) in [6, 6.07) is 8.75. The van der Waals surface area contributed by atoms with Crippen molar-refractivity contribution in [2.24, 2.45) is 0 Å². The highest BCUT2D eigenvalue weighted by Gasteiger charge is 2.41. The van der Waals surface area contributed by atoms with Crippen molar-refractivity contribution >= 4 is 5.91 Å². The summed E-state index contributed by atoms with van der Waals surface area (Å²) >= 11 is 0. The van der Waals surface area contributed by atoms with Gasteiger partial charge in [0.1, 0.15) is 11.4 Å². The number of fused-ring (bicyclic) bond motifs is 2. The second kappa shape index (κ2) is 5.94. The number of phenolic OH excluding ortho intramolecular Hbond substituents is 1. The number of nitrogens with one attached hydrogen (secondary N) is 1. The van der Waals surface area contributed by atoms with Gasteiger partial charge in [0.25, 0.3) is 5.91 Å². The van der Waals surface area contributed by atoms with Crippen molar-refractivity contribution < 1.29 is 15.0 Å². The van der Waals surface area contributed by atoms with Crippen LogP contribution in [0.15, 0.2) is 30.3 Å². The first-order valence-corrected chi connectivity index (χ1v) is 8.47. The quantitative estimate of drug-likeness (QED) is 0.789. The number of amides is 1. The highest BCUT2D eigenvalue weighted by Crippen LogP contribution is 2.35. The lowest BCUT2D eigenvalue weighted by molar-refractivity contribution is -0.0154. The number of aromatic nitrogens is 2. The van der Waals surface area contributed by atoms with Crippen LogP contribution in [0.1, 0.15) is 42.6 Å². The van der Waals surface area contributed by atoms with E-state index in [1.165, 1.54) is 0 Å². The van der Waals surface area contributed by atoms with Crippen LogP contribution in [0, 0.1) is 0 Å². The van der Waals surface area contributed by atoms with E-state index in [4.69, 9.17) is 0 Å². The fourth-order valence-corrected chi connectivity index (χ4v) is 4.03. The lowest BCUT2D eigenvalue weighted by Gasteiger charge is -2.47. The topological polar surface area (TPSA) is 89.4 Å². The maximum atomic E-state index is 13.0. The minimum atomic E-state index is -0.293. The minimum Gasteiger partial charge on any atom is -0.508 e. The van der Waals surface area contributed by atoms with Crippen LogP contribution in [-0.4, -0.2) is 49.4 Å². The van der Waals surface area contributed by atoms with E-state index in [9.17, 15) is 15.0 Å². The van der Waals surface area contributed by atoms with E-state index in [-0.39, 0.29) is 29.8 Å². The molecule has 0 saturated carbocycles. The zero-order valence-corrected chi connectivity index (χ0v) is 13.4. The lowest BCUT2D eigenvalue weighted by atomic mass is 9.82. The van der Waals surface area contributed by atoms with Crippen LogP contribution in [0.25, 0.3) is 11.3 Å². The fourth-order valence-electron chi connectivity index (χ4n) is 4.03. The van der Waals surface area contributed by atoms with Gasteiger partial charge in [-0.05, 0) is 62.4 Å². The molecule has 2 fully saturated rings. The first kappa shape index (κ1) is 15.2. The van der Waals surface area contributed by atoms with Gasteiger partial charge in [-0.15, -0.1) is 0 Å². The average molecular weight is 327 g/mol. The molecule has 0 aliphatic carbocycles. The lowest BCUT2D eigenvalue weighted by Crippen LogP contribution is -2.55. The van der Waals surface area contributed by atoms with Gasteiger partial charge in [0.2, 0.25) is 0 Å². The van der Waals surface area contributed by atoms with Crippen molar-refractivity contribution in [2.75, 3.05) is 0 Å². The number of aliphatic hydroxyl groups is 1. The summed E-state index contributed by atoms with van der Waals surface area (Å²) in [7, 11) is 0. The number of aromatic amines is 1. The molecule has 1 unspecified atom stereocenters. The van der Waals surface area contributed by atoms with Gasteiger partial charge >= 0.3 is 0 Å². The maximum Gasteiger partial charge on any atom is 0.272 e. The molecule has 6 nitrogen and oxygen atoms in total. The molecule has 126 valence electrons. The van der Waals surface area contributed by atoms with Gasteiger partial charge in [-0.2, -0.15) is 5.10 Å². The molecule has 2 aliphatic heterocycles. The second-order valence-corrected chi connectivity index (χ2v) is 6.79. The Labute approximate surface area is 140 Å². The number of benzene rings is 1. The SMILES string of the molecule is O=C(c1cc(-c2ccc(O)cc2)n[nH]1)N1[C@@H]2CCC[C@H]1CC(O)C2. The fraction of sp³-hybridized carbons (Fsp3) is 0.444. The number of aliphatic hydroxyl groups excluding tert-OH is 1. The summed E-state index contributed by atoms with van der Waals surface area (Å²) in [5, 5.41) is 26.4. The zero-order valence-electron chi connectivity index (χ0n) is 13.4. The molecule has 2 aliphatic rings. The number of nitrogens with zero attached hydrogens (tertiary/aromatic N) is 2. The summed E-state index contributed by atoms with van der Waals surface area (Å²) in [4.78, 5) is 14.9. The van der Waals surface area contributed by atoms with E-state index < -0.39 is 0 Å². The van der Waals surface area contributed by atoms with Crippen LogP contribution in [0.4, 0.5) is 0 Å².